The molecule has 20 heavy (non-hydrogen) atoms. The molecule has 0 fully saturated rings. The van der Waals surface area contributed by atoms with Crippen molar-refractivity contribution >= 4 is 42.6 Å². The molecule has 1 aromatic carbocycles. The van der Waals surface area contributed by atoms with Crippen LogP contribution in [0.25, 0.3) is 0 Å². The number of benzene rings is 1. The van der Waals surface area contributed by atoms with Gasteiger partial charge in [0, 0.05) is 15.5 Å². The van der Waals surface area contributed by atoms with Crippen LogP contribution in [0.15, 0.2) is 63.5 Å². The summed E-state index contributed by atoms with van der Waals surface area (Å²) in [5.41, 5.74) is 13.5. The predicted molar refractivity (Wildman–Crippen MR) is 92.9 cm³/mol. The van der Waals surface area contributed by atoms with E-state index in [1.165, 1.54) is 0 Å². The maximum atomic E-state index is 5.88. The summed E-state index contributed by atoms with van der Waals surface area (Å²) in [7, 11) is 0. The summed E-state index contributed by atoms with van der Waals surface area (Å²) in [6.45, 7) is 5.49. The molecule has 0 unspecified atom stereocenters. The van der Waals surface area contributed by atoms with Crippen molar-refractivity contribution in [3.05, 3.63) is 48.7 Å². The van der Waals surface area contributed by atoms with Crippen molar-refractivity contribution in [1.29, 1.82) is 0 Å². The van der Waals surface area contributed by atoms with Crippen molar-refractivity contribution in [1.82, 2.24) is 5.32 Å². The Morgan fingerprint density at radius 1 is 1.40 bits per heavy atom. The molecule has 0 aliphatic rings. The Hall–Kier alpha value is -1.79. The van der Waals surface area contributed by atoms with Gasteiger partial charge in [0.2, 0.25) is 0 Å². The number of nitrogen functional groups attached to an aromatic ring is 1. The number of hydrogen-bond acceptors (Lipinski definition) is 4. The summed E-state index contributed by atoms with van der Waals surface area (Å²) in [5.74, 6) is 0.223. The highest BCUT2D eigenvalue weighted by atomic mass is 32.1. The molecule has 0 saturated carbocycles. The van der Waals surface area contributed by atoms with E-state index in [1.54, 1.807) is 24.3 Å². The van der Waals surface area contributed by atoms with Gasteiger partial charge in [0.1, 0.15) is 5.69 Å². The van der Waals surface area contributed by atoms with Gasteiger partial charge in [0.05, 0.1) is 5.69 Å². The van der Waals surface area contributed by atoms with Gasteiger partial charge in [-0.25, -0.2) is 4.99 Å². The summed E-state index contributed by atoms with van der Waals surface area (Å²) in [6, 6.07) is 3.45. The molecule has 0 radical (unpaired) electrons. The Morgan fingerprint density at radius 2 is 2.10 bits per heavy atom. The predicted octanol–water partition coefficient (Wildman–Crippen LogP) is 3.03. The van der Waals surface area contributed by atoms with Gasteiger partial charge < -0.3 is 16.8 Å². The second kappa shape index (κ2) is 7.72. The summed E-state index contributed by atoms with van der Waals surface area (Å²) in [4.78, 5) is 5.58. The van der Waals surface area contributed by atoms with Crippen molar-refractivity contribution < 1.29 is 0 Å². The first kappa shape index (κ1) is 16.3. The topological polar surface area (TPSA) is 76.4 Å². The van der Waals surface area contributed by atoms with Crippen molar-refractivity contribution in [3.63, 3.8) is 0 Å². The molecule has 0 spiro atoms. The van der Waals surface area contributed by atoms with E-state index in [0.717, 1.165) is 10.6 Å². The van der Waals surface area contributed by atoms with Gasteiger partial charge in [0.15, 0.2) is 5.96 Å². The number of nitrogens with one attached hydrogen (secondary N) is 1. The largest absolute Gasteiger partial charge is 0.397 e. The molecule has 1 rings (SSSR count). The van der Waals surface area contributed by atoms with Crippen LogP contribution in [-0.4, -0.2) is 5.96 Å². The number of thiol groups is 2. The average Bonchev–Trinajstić information content (AvgIpc) is 2.38. The number of nitrogens with zero attached hydrogens (tertiary/aromatic N) is 1. The first-order chi connectivity index (χ1) is 9.47. The zero-order valence-electron chi connectivity index (χ0n) is 11.2. The molecule has 0 bridgehead atoms. The number of allylic oxidation sites excluding steroid dienone is 4. The van der Waals surface area contributed by atoms with E-state index in [2.05, 4.69) is 42.1 Å². The lowest BCUT2D eigenvalue weighted by atomic mass is 10.3. The van der Waals surface area contributed by atoms with Crippen LogP contribution < -0.4 is 16.8 Å². The van der Waals surface area contributed by atoms with E-state index in [0.29, 0.717) is 16.3 Å². The highest BCUT2D eigenvalue weighted by molar-refractivity contribution is 7.81. The number of rotatable bonds is 4. The van der Waals surface area contributed by atoms with Crippen molar-refractivity contribution in [2.24, 2.45) is 10.7 Å². The maximum absolute atomic E-state index is 5.88. The molecular formula is C14H18N4S2. The number of aliphatic imine (C=N–C) groups is 1. The molecule has 0 aliphatic heterocycles. The average molecular weight is 306 g/mol. The molecule has 1 aromatic rings. The summed E-state index contributed by atoms with van der Waals surface area (Å²) < 4.78 is 0. The van der Waals surface area contributed by atoms with Crippen molar-refractivity contribution in [3.8, 4) is 0 Å². The summed E-state index contributed by atoms with van der Waals surface area (Å²) in [6.07, 6.45) is 7.17. The standard InChI is InChI=1S/C14H18N4S2/c1-3-5-6-9(4-2)17-14(16)18-13-11(15)7-10(19)8-12(13)20/h3-8,19-20H,1,15H2,2H3,(H3,16,17,18)/b6-5-,9-4+. The third-order valence-corrected chi connectivity index (χ3v) is 2.93. The fraction of sp³-hybridized carbons (Fsp3) is 0.0714. The smallest absolute Gasteiger partial charge is 0.198 e. The first-order valence-electron chi connectivity index (χ1n) is 5.86. The van der Waals surface area contributed by atoms with Crippen LogP contribution in [-0.2, 0) is 0 Å². The van der Waals surface area contributed by atoms with Crippen molar-refractivity contribution in [2.75, 3.05) is 5.73 Å². The van der Waals surface area contributed by atoms with E-state index < -0.39 is 0 Å². The minimum atomic E-state index is 0.223. The molecule has 0 heterocycles. The van der Waals surface area contributed by atoms with Gasteiger partial charge in [-0.1, -0.05) is 24.8 Å². The first-order valence-corrected chi connectivity index (χ1v) is 6.75. The summed E-state index contributed by atoms with van der Waals surface area (Å²) in [5, 5.41) is 2.96. The van der Waals surface area contributed by atoms with Crippen LogP contribution in [0.3, 0.4) is 0 Å². The van der Waals surface area contributed by atoms with E-state index >= 15 is 0 Å². The molecule has 5 N–H and O–H groups in total. The van der Waals surface area contributed by atoms with E-state index in [9.17, 15) is 0 Å². The number of guanidine groups is 1. The van der Waals surface area contributed by atoms with Crippen molar-refractivity contribution in [2.45, 2.75) is 16.7 Å². The maximum Gasteiger partial charge on any atom is 0.198 e. The molecule has 0 saturated heterocycles. The lowest BCUT2D eigenvalue weighted by molar-refractivity contribution is 1.13. The fourth-order valence-electron chi connectivity index (χ4n) is 1.43. The van der Waals surface area contributed by atoms with Crippen LogP contribution in [0.4, 0.5) is 11.4 Å². The Morgan fingerprint density at radius 3 is 2.65 bits per heavy atom. The zero-order valence-corrected chi connectivity index (χ0v) is 13.0. The SMILES string of the molecule is C=C/C=C\C(=C/C)NC(N)=Nc1c(N)cc(S)cc1S. The third-order valence-electron chi connectivity index (χ3n) is 2.33. The van der Waals surface area contributed by atoms with Gasteiger partial charge in [0.25, 0.3) is 0 Å². The fourth-order valence-corrected chi connectivity index (χ4v) is 2.11. The monoisotopic (exact) mass is 306 g/mol. The zero-order chi connectivity index (χ0) is 15.1. The lowest BCUT2D eigenvalue weighted by Gasteiger charge is -2.09. The minimum Gasteiger partial charge on any atom is -0.397 e. The Kier molecular flexibility index (Phi) is 6.27. The number of hydrogen-bond donors (Lipinski definition) is 5. The highest BCUT2D eigenvalue weighted by Crippen LogP contribution is 2.32. The Balaban J connectivity index is 3.00. The molecule has 106 valence electrons. The minimum absolute atomic E-state index is 0.223. The van der Waals surface area contributed by atoms with Crippen LogP contribution in [0.5, 0.6) is 0 Å². The molecule has 6 heteroatoms. The molecule has 0 amide bonds. The normalized spacial score (nSPS) is 12.8. The third kappa shape index (κ3) is 4.71. The van der Waals surface area contributed by atoms with E-state index in [1.807, 2.05) is 19.1 Å². The highest BCUT2D eigenvalue weighted by Gasteiger charge is 2.05. The van der Waals surface area contributed by atoms with Gasteiger partial charge in [-0.3, -0.25) is 0 Å². The van der Waals surface area contributed by atoms with Crippen LogP contribution >= 0.6 is 25.3 Å². The van der Waals surface area contributed by atoms with Gasteiger partial charge >= 0.3 is 0 Å². The summed E-state index contributed by atoms with van der Waals surface area (Å²) >= 11 is 8.54. The van der Waals surface area contributed by atoms with Gasteiger partial charge in [-0.05, 0) is 25.1 Å². The van der Waals surface area contributed by atoms with Crippen LogP contribution in [0.2, 0.25) is 0 Å². The molecule has 0 aliphatic carbocycles. The van der Waals surface area contributed by atoms with Crippen LogP contribution in [0, 0.1) is 0 Å². The number of anilines is 1. The molecule has 0 atom stereocenters. The number of nitrogens with two attached hydrogens (primary N) is 2. The second-order valence-electron chi connectivity index (χ2n) is 3.86. The Labute approximate surface area is 130 Å². The Bertz CT molecular complexity index is 566. The van der Waals surface area contributed by atoms with E-state index in [4.69, 9.17) is 11.5 Å². The molecular weight excluding hydrogens is 288 g/mol. The van der Waals surface area contributed by atoms with E-state index in [-0.39, 0.29) is 5.96 Å². The van der Waals surface area contributed by atoms with Gasteiger partial charge in [-0.2, -0.15) is 0 Å². The second-order valence-corrected chi connectivity index (χ2v) is 4.86. The lowest BCUT2D eigenvalue weighted by Crippen LogP contribution is -2.30. The molecule has 4 nitrogen and oxygen atoms in total. The van der Waals surface area contributed by atoms with Gasteiger partial charge in [-0.15, -0.1) is 25.3 Å². The van der Waals surface area contributed by atoms with Crippen LogP contribution in [0.1, 0.15) is 6.92 Å². The quantitative estimate of drug-likeness (QED) is 0.195. The molecule has 0 aromatic heterocycles.